The van der Waals surface area contributed by atoms with Crippen LogP contribution < -0.4 is 5.32 Å². The van der Waals surface area contributed by atoms with E-state index in [1.54, 1.807) is 25.2 Å². The zero-order chi connectivity index (χ0) is 13.1. The van der Waals surface area contributed by atoms with E-state index in [1.807, 2.05) is 12.1 Å². The number of hydrogen-bond donors (Lipinski definition) is 1. The summed E-state index contributed by atoms with van der Waals surface area (Å²) in [4.78, 5) is 17.5. The molecule has 1 amide bonds. The van der Waals surface area contributed by atoms with E-state index in [2.05, 4.69) is 17.2 Å². The van der Waals surface area contributed by atoms with Gasteiger partial charge in [-0.2, -0.15) is 0 Å². The van der Waals surface area contributed by atoms with Gasteiger partial charge in [-0.25, -0.2) is 0 Å². The van der Waals surface area contributed by atoms with Gasteiger partial charge >= 0.3 is 0 Å². The standard InChI is InChI=1S/C14H21N3O/c1-4-5-10-8-12(10)16-11-6-7-15-13(9-11)14(18)17(2)3/h6-7,9-10,12H,4-5,8H2,1-3H3,(H,15,16). The highest BCUT2D eigenvalue weighted by Crippen LogP contribution is 2.37. The van der Waals surface area contributed by atoms with E-state index in [0.717, 1.165) is 11.6 Å². The Hall–Kier alpha value is -1.58. The molecule has 98 valence electrons. The van der Waals surface area contributed by atoms with Crippen molar-refractivity contribution in [3.63, 3.8) is 0 Å². The highest BCUT2D eigenvalue weighted by molar-refractivity contribution is 5.92. The highest BCUT2D eigenvalue weighted by Gasteiger charge is 2.35. The topological polar surface area (TPSA) is 45.2 Å². The molecule has 1 aromatic heterocycles. The molecule has 0 saturated heterocycles. The molecule has 1 heterocycles. The average molecular weight is 247 g/mol. The molecule has 1 aliphatic rings. The number of carbonyl (C=O) groups is 1. The number of aromatic nitrogens is 1. The van der Waals surface area contributed by atoms with E-state index in [4.69, 9.17) is 0 Å². The van der Waals surface area contributed by atoms with Gasteiger partial charge in [-0.05, 0) is 30.9 Å². The van der Waals surface area contributed by atoms with Crippen LogP contribution in [-0.2, 0) is 0 Å². The van der Waals surface area contributed by atoms with Gasteiger partial charge in [0.2, 0.25) is 0 Å². The number of carbonyl (C=O) groups excluding carboxylic acids is 1. The van der Waals surface area contributed by atoms with Crippen LogP contribution in [0.5, 0.6) is 0 Å². The number of nitrogens with one attached hydrogen (secondary N) is 1. The monoisotopic (exact) mass is 247 g/mol. The van der Waals surface area contributed by atoms with E-state index < -0.39 is 0 Å². The molecule has 0 aromatic carbocycles. The summed E-state index contributed by atoms with van der Waals surface area (Å²) in [7, 11) is 3.48. The molecule has 0 bridgehead atoms. The predicted octanol–water partition coefficient (Wildman–Crippen LogP) is 2.38. The van der Waals surface area contributed by atoms with Crippen LogP contribution >= 0.6 is 0 Å². The summed E-state index contributed by atoms with van der Waals surface area (Å²) in [6.07, 6.45) is 5.46. The van der Waals surface area contributed by atoms with Gasteiger partial charge in [0.1, 0.15) is 5.69 Å². The molecule has 1 aliphatic carbocycles. The summed E-state index contributed by atoms with van der Waals surface area (Å²) in [5, 5.41) is 3.47. The second-order valence-corrected chi connectivity index (χ2v) is 5.16. The number of pyridine rings is 1. The molecule has 1 fully saturated rings. The lowest BCUT2D eigenvalue weighted by molar-refractivity contribution is 0.0822. The van der Waals surface area contributed by atoms with Crippen LogP contribution in [0.2, 0.25) is 0 Å². The molecular weight excluding hydrogens is 226 g/mol. The number of amides is 1. The third-order valence-electron chi connectivity index (χ3n) is 3.32. The van der Waals surface area contributed by atoms with Crippen LogP contribution in [0.1, 0.15) is 36.7 Å². The molecule has 1 aromatic rings. The summed E-state index contributed by atoms with van der Waals surface area (Å²) in [5.74, 6) is 0.746. The van der Waals surface area contributed by atoms with Crippen LogP contribution in [-0.4, -0.2) is 35.9 Å². The lowest BCUT2D eigenvalue weighted by atomic mass is 10.2. The van der Waals surface area contributed by atoms with Gasteiger partial charge in [0, 0.05) is 32.0 Å². The van der Waals surface area contributed by atoms with E-state index in [9.17, 15) is 4.79 Å². The second-order valence-electron chi connectivity index (χ2n) is 5.16. The summed E-state index contributed by atoms with van der Waals surface area (Å²) in [6, 6.07) is 4.34. The smallest absolute Gasteiger partial charge is 0.272 e. The molecule has 0 aliphatic heterocycles. The van der Waals surface area contributed by atoms with Crippen molar-refractivity contribution >= 4 is 11.6 Å². The first kappa shape index (κ1) is 12.9. The van der Waals surface area contributed by atoms with E-state index in [0.29, 0.717) is 11.7 Å². The van der Waals surface area contributed by atoms with Gasteiger partial charge in [0.05, 0.1) is 0 Å². The Morgan fingerprint density at radius 1 is 1.56 bits per heavy atom. The van der Waals surface area contributed by atoms with Crippen molar-refractivity contribution in [2.45, 2.75) is 32.2 Å². The predicted molar refractivity (Wildman–Crippen MR) is 72.7 cm³/mol. The molecule has 4 heteroatoms. The minimum Gasteiger partial charge on any atom is -0.382 e. The van der Waals surface area contributed by atoms with Gasteiger partial charge in [0.15, 0.2) is 0 Å². The Bertz CT molecular complexity index is 431. The normalized spacial score (nSPS) is 21.5. The van der Waals surface area contributed by atoms with E-state index in [1.165, 1.54) is 19.3 Å². The summed E-state index contributed by atoms with van der Waals surface area (Å²) >= 11 is 0. The molecule has 4 nitrogen and oxygen atoms in total. The van der Waals surface area contributed by atoms with Crippen LogP contribution in [0.25, 0.3) is 0 Å². The molecule has 0 spiro atoms. The van der Waals surface area contributed by atoms with E-state index >= 15 is 0 Å². The first-order valence-corrected chi connectivity index (χ1v) is 6.56. The first-order valence-electron chi connectivity index (χ1n) is 6.56. The summed E-state index contributed by atoms with van der Waals surface area (Å²) in [5.41, 5.74) is 1.50. The largest absolute Gasteiger partial charge is 0.382 e. The zero-order valence-corrected chi connectivity index (χ0v) is 11.3. The van der Waals surface area contributed by atoms with Gasteiger partial charge in [0.25, 0.3) is 5.91 Å². The summed E-state index contributed by atoms with van der Waals surface area (Å²) < 4.78 is 0. The van der Waals surface area contributed by atoms with Crippen LogP contribution in [0, 0.1) is 5.92 Å². The van der Waals surface area contributed by atoms with Gasteiger partial charge in [-0.3, -0.25) is 9.78 Å². The zero-order valence-electron chi connectivity index (χ0n) is 11.3. The lowest BCUT2D eigenvalue weighted by Gasteiger charge is -2.11. The van der Waals surface area contributed by atoms with Crippen molar-refractivity contribution < 1.29 is 4.79 Å². The molecule has 2 atom stereocenters. The highest BCUT2D eigenvalue weighted by atomic mass is 16.2. The molecule has 2 rings (SSSR count). The molecular formula is C14H21N3O. The minimum absolute atomic E-state index is 0.0560. The third kappa shape index (κ3) is 3.00. The van der Waals surface area contributed by atoms with Crippen LogP contribution in [0.4, 0.5) is 5.69 Å². The van der Waals surface area contributed by atoms with Gasteiger partial charge in [-0.1, -0.05) is 13.3 Å². The Labute approximate surface area is 108 Å². The fourth-order valence-electron chi connectivity index (χ4n) is 2.19. The Morgan fingerprint density at radius 2 is 2.33 bits per heavy atom. The Balaban J connectivity index is 1.98. The van der Waals surface area contributed by atoms with Crippen molar-refractivity contribution in [2.75, 3.05) is 19.4 Å². The average Bonchev–Trinajstić information content (AvgIpc) is 3.07. The van der Waals surface area contributed by atoms with Crippen molar-refractivity contribution in [3.8, 4) is 0 Å². The number of nitrogens with zero attached hydrogens (tertiary/aromatic N) is 2. The van der Waals surface area contributed by atoms with Crippen molar-refractivity contribution in [2.24, 2.45) is 5.92 Å². The lowest BCUT2D eigenvalue weighted by Crippen LogP contribution is -2.22. The minimum atomic E-state index is -0.0560. The Morgan fingerprint density at radius 3 is 3.00 bits per heavy atom. The van der Waals surface area contributed by atoms with E-state index in [-0.39, 0.29) is 5.91 Å². The fraction of sp³-hybridized carbons (Fsp3) is 0.571. The number of rotatable bonds is 5. The van der Waals surface area contributed by atoms with Crippen molar-refractivity contribution in [1.29, 1.82) is 0 Å². The maximum absolute atomic E-state index is 11.8. The van der Waals surface area contributed by atoms with Crippen molar-refractivity contribution in [1.82, 2.24) is 9.88 Å². The van der Waals surface area contributed by atoms with Crippen molar-refractivity contribution in [3.05, 3.63) is 24.0 Å². The number of anilines is 1. The molecule has 1 saturated carbocycles. The first-order chi connectivity index (χ1) is 8.61. The van der Waals surface area contributed by atoms with Gasteiger partial charge < -0.3 is 10.2 Å². The van der Waals surface area contributed by atoms with Crippen LogP contribution in [0.3, 0.4) is 0 Å². The maximum atomic E-state index is 11.8. The summed E-state index contributed by atoms with van der Waals surface area (Å²) in [6.45, 7) is 2.22. The second kappa shape index (κ2) is 5.38. The quantitative estimate of drug-likeness (QED) is 0.869. The molecule has 0 radical (unpaired) electrons. The molecule has 1 N–H and O–H groups in total. The third-order valence-corrected chi connectivity index (χ3v) is 3.32. The maximum Gasteiger partial charge on any atom is 0.272 e. The Kier molecular flexibility index (Phi) is 3.84. The fourth-order valence-corrected chi connectivity index (χ4v) is 2.19. The van der Waals surface area contributed by atoms with Crippen LogP contribution in [0.15, 0.2) is 18.3 Å². The van der Waals surface area contributed by atoms with Gasteiger partial charge in [-0.15, -0.1) is 0 Å². The SMILES string of the molecule is CCCC1CC1Nc1ccnc(C(=O)N(C)C)c1. The number of hydrogen-bond acceptors (Lipinski definition) is 3. The molecule has 2 unspecified atom stereocenters. The molecule has 18 heavy (non-hydrogen) atoms.